The van der Waals surface area contributed by atoms with Crippen LogP contribution in [0.25, 0.3) is 0 Å². The van der Waals surface area contributed by atoms with E-state index in [0.29, 0.717) is 56.2 Å². The van der Waals surface area contributed by atoms with Crippen molar-refractivity contribution in [1.29, 1.82) is 0 Å². The summed E-state index contributed by atoms with van der Waals surface area (Å²) in [6.07, 6.45) is 3.74. The van der Waals surface area contributed by atoms with Crippen molar-refractivity contribution >= 4 is 42.2 Å². The monoisotopic (exact) mass is 654 g/mol. The summed E-state index contributed by atoms with van der Waals surface area (Å²) >= 11 is 4.57. The molecule has 1 unspecified atom stereocenters. The van der Waals surface area contributed by atoms with E-state index in [0.717, 1.165) is 17.5 Å². The van der Waals surface area contributed by atoms with E-state index < -0.39 is 17.3 Å². The molecule has 1 saturated heterocycles. The highest BCUT2D eigenvalue weighted by molar-refractivity contribution is 7.81. The summed E-state index contributed by atoms with van der Waals surface area (Å²) in [5.74, 6) is -1.36. The molecule has 0 aliphatic carbocycles. The van der Waals surface area contributed by atoms with Crippen LogP contribution in [0.15, 0.2) is 84.9 Å². The number of likely N-dealkylation sites (tertiary alicyclic amines) is 1. The average Bonchev–Trinajstić information content (AvgIpc) is 3.23. The summed E-state index contributed by atoms with van der Waals surface area (Å²) in [6, 6.07) is 24.9. The number of fused-ring (bicyclic) bond motifs is 1. The molecule has 47 heavy (non-hydrogen) atoms. The quantitative estimate of drug-likeness (QED) is 0.146. The van der Waals surface area contributed by atoms with E-state index >= 15 is 0 Å². The van der Waals surface area contributed by atoms with Gasteiger partial charge >= 0.3 is 0 Å². The van der Waals surface area contributed by atoms with E-state index in [1.807, 2.05) is 48.5 Å². The van der Waals surface area contributed by atoms with Crippen LogP contribution < -0.4 is 10.6 Å². The lowest BCUT2D eigenvalue weighted by atomic mass is 9.91. The maximum Gasteiger partial charge on any atom is 0.261 e. The molecule has 246 valence electrons. The fraction of sp³-hybridized carbons (Fsp3) is 0.378. The Morgan fingerprint density at radius 1 is 0.830 bits per heavy atom. The van der Waals surface area contributed by atoms with Crippen LogP contribution in [0.5, 0.6) is 0 Å². The number of benzene rings is 3. The Hall–Kier alpha value is -4.44. The standard InChI is InChI=1S/C37H42N4O5S/c1-38-33(42)31(24-26-14-6-3-7-15-26)40-21-19-27(22-25-12-4-2-5-13-25)23-30(37(40)46)39-34(43)32(47)18-10-11-20-41-35(44)28-16-8-9-17-29(28)36(41)45/h2-9,12-17,27,30-32,47H,10-11,18-24H2,1H3,(H,38,42)(H,39,43)/t27-,30?,31+,32+/m1/s1. The van der Waals surface area contributed by atoms with Gasteiger partial charge in [-0.3, -0.25) is 28.9 Å². The van der Waals surface area contributed by atoms with Gasteiger partial charge in [0.25, 0.3) is 11.8 Å². The summed E-state index contributed by atoms with van der Waals surface area (Å²) in [7, 11) is 1.57. The van der Waals surface area contributed by atoms with Gasteiger partial charge in [-0.1, -0.05) is 79.2 Å². The van der Waals surface area contributed by atoms with E-state index in [1.54, 1.807) is 36.2 Å². The van der Waals surface area contributed by atoms with Gasteiger partial charge in [-0.25, -0.2) is 0 Å². The van der Waals surface area contributed by atoms with Crippen LogP contribution in [0, 0.1) is 5.92 Å². The highest BCUT2D eigenvalue weighted by atomic mass is 32.1. The predicted octanol–water partition coefficient (Wildman–Crippen LogP) is 4.07. The van der Waals surface area contributed by atoms with Gasteiger partial charge < -0.3 is 15.5 Å². The molecule has 1 fully saturated rings. The summed E-state index contributed by atoms with van der Waals surface area (Å²) in [5.41, 5.74) is 2.93. The van der Waals surface area contributed by atoms with Crippen LogP contribution in [0.3, 0.4) is 0 Å². The smallest absolute Gasteiger partial charge is 0.261 e. The zero-order valence-electron chi connectivity index (χ0n) is 26.6. The summed E-state index contributed by atoms with van der Waals surface area (Å²) in [5, 5.41) is 5.02. The highest BCUT2D eigenvalue weighted by Crippen LogP contribution is 2.27. The first kappa shape index (κ1) is 33.9. The Balaban J connectivity index is 1.24. The number of carbonyl (C=O) groups excluding carboxylic acids is 5. The zero-order chi connectivity index (χ0) is 33.3. The van der Waals surface area contributed by atoms with Gasteiger partial charge in [0.2, 0.25) is 17.7 Å². The van der Waals surface area contributed by atoms with Crippen LogP contribution in [0.4, 0.5) is 0 Å². The van der Waals surface area contributed by atoms with Crippen LogP contribution in [-0.4, -0.2) is 76.8 Å². The fourth-order valence-electron chi connectivity index (χ4n) is 6.54. The molecule has 5 amide bonds. The van der Waals surface area contributed by atoms with Gasteiger partial charge in [-0.15, -0.1) is 0 Å². The number of unbranched alkanes of at least 4 members (excludes halogenated alkanes) is 1. The highest BCUT2D eigenvalue weighted by Gasteiger charge is 2.39. The van der Waals surface area contributed by atoms with Gasteiger partial charge in [0.1, 0.15) is 12.1 Å². The molecular formula is C37H42N4O5S. The minimum atomic E-state index is -0.811. The number of likely N-dealkylation sites (N-methyl/N-ethyl adjacent to an activating group) is 1. The lowest BCUT2D eigenvalue weighted by Gasteiger charge is -2.32. The number of thiol groups is 1. The maximum atomic E-state index is 14.2. The number of rotatable bonds is 13. The largest absolute Gasteiger partial charge is 0.357 e. The van der Waals surface area contributed by atoms with Crippen molar-refractivity contribution in [3.05, 3.63) is 107 Å². The van der Waals surface area contributed by atoms with Crippen LogP contribution in [0.2, 0.25) is 0 Å². The molecule has 5 rings (SSSR count). The minimum Gasteiger partial charge on any atom is -0.357 e. The zero-order valence-corrected chi connectivity index (χ0v) is 27.5. The first-order valence-electron chi connectivity index (χ1n) is 16.3. The molecule has 2 aliphatic heterocycles. The Kier molecular flexibility index (Phi) is 11.5. The van der Waals surface area contributed by atoms with Crippen LogP contribution in [-0.2, 0) is 27.2 Å². The van der Waals surface area contributed by atoms with Gasteiger partial charge in [0, 0.05) is 26.6 Å². The Labute approximate surface area is 281 Å². The van der Waals surface area contributed by atoms with Crippen molar-refractivity contribution < 1.29 is 24.0 Å². The Morgan fingerprint density at radius 2 is 1.43 bits per heavy atom. The summed E-state index contributed by atoms with van der Waals surface area (Å²) in [4.78, 5) is 69.0. The van der Waals surface area contributed by atoms with Crippen LogP contribution in [0.1, 0.15) is 63.9 Å². The third-order valence-electron chi connectivity index (χ3n) is 9.10. The first-order valence-corrected chi connectivity index (χ1v) is 16.8. The lowest BCUT2D eigenvalue weighted by molar-refractivity contribution is -0.142. The minimum absolute atomic E-state index is 0.108. The molecule has 9 nitrogen and oxygen atoms in total. The van der Waals surface area contributed by atoms with Gasteiger partial charge in [0.05, 0.1) is 16.4 Å². The molecular weight excluding hydrogens is 612 g/mol. The second-order valence-corrected chi connectivity index (χ2v) is 12.9. The molecule has 2 aliphatic rings. The van der Waals surface area contributed by atoms with Crippen molar-refractivity contribution in [3.8, 4) is 0 Å². The molecule has 4 atom stereocenters. The third kappa shape index (κ3) is 8.29. The van der Waals surface area contributed by atoms with E-state index in [1.165, 1.54) is 4.90 Å². The molecule has 3 aromatic carbocycles. The maximum absolute atomic E-state index is 14.2. The van der Waals surface area contributed by atoms with E-state index in [-0.39, 0.29) is 42.0 Å². The Bertz CT molecular complexity index is 1550. The summed E-state index contributed by atoms with van der Waals surface area (Å²) < 4.78 is 0. The number of hydrogen-bond donors (Lipinski definition) is 3. The van der Waals surface area contributed by atoms with Crippen molar-refractivity contribution in [2.24, 2.45) is 5.92 Å². The van der Waals surface area contributed by atoms with Crippen LogP contribution >= 0.6 is 12.6 Å². The van der Waals surface area contributed by atoms with Gasteiger partial charge in [-0.05, 0) is 61.3 Å². The second-order valence-electron chi connectivity index (χ2n) is 12.3. The first-order chi connectivity index (χ1) is 22.8. The van der Waals surface area contributed by atoms with Crippen molar-refractivity contribution in [3.63, 3.8) is 0 Å². The topological polar surface area (TPSA) is 116 Å². The van der Waals surface area contributed by atoms with E-state index in [2.05, 4.69) is 35.4 Å². The molecule has 0 bridgehead atoms. The fourth-order valence-corrected chi connectivity index (χ4v) is 6.80. The van der Waals surface area contributed by atoms with Crippen molar-refractivity contribution in [2.45, 2.75) is 62.3 Å². The van der Waals surface area contributed by atoms with E-state index in [4.69, 9.17) is 0 Å². The van der Waals surface area contributed by atoms with E-state index in [9.17, 15) is 24.0 Å². The molecule has 0 radical (unpaired) electrons. The van der Waals surface area contributed by atoms with Gasteiger partial charge in [0.15, 0.2) is 0 Å². The van der Waals surface area contributed by atoms with Crippen molar-refractivity contribution in [1.82, 2.24) is 20.4 Å². The molecule has 0 saturated carbocycles. The average molecular weight is 655 g/mol. The predicted molar refractivity (Wildman–Crippen MR) is 183 cm³/mol. The van der Waals surface area contributed by atoms with Gasteiger partial charge in [-0.2, -0.15) is 12.6 Å². The number of amides is 5. The molecule has 3 aromatic rings. The number of hydrogen-bond acceptors (Lipinski definition) is 6. The molecule has 10 heteroatoms. The molecule has 2 N–H and O–H groups in total. The second kappa shape index (κ2) is 15.9. The number of nitrogens with one attached hydrogen (secondary N) is 2. The normalized spacial score (nSPS) is 19.1. The number of carbonyl (C=O) groups is 5. The third-order valence-corrected chi connectivity index (χ3v) is 9.59. The number of imide groups is 1. The number of nitrogens with zero attached hydrogens (tertiary/aromatic N) is 2. The lowest BCUT2D eigenvalue weighted by Crippen LogP contribution is -2.56. The van der Waals surface area contributed by atoms with Crippen molar-refractivity contribution in [2.75, 3.05) is 20.1 Å². The SMILES string of the molecule is CNC(=O)[C@H](Cc1ccccc1)N1CC[C@H](Cc2ccccc2)CC(NC(=O)[C@@H](S)CCCCN2C(=O)c3ccccc3C2=O)C1=O. The molecule has 0 aromatic heterocycles. The summed E-state index contributed by atoms with van der Waals surface area (Å²) in [6.45, 7) is 0.656. The molecule has 2 heterocycles. The Morgan fingerprint density at radius 3 is 2.04 bits per heavy atom. The molecule has 0 spiro atoms.